The van der Waals surface area contributed by atoms with Crippen LogP contribution < -0.4 is 16.2 Å². The van der Waals surface area contributed by atoms with Crippen LogP contribution in [0, 0.1) is 0 Å². The Hall–Kier alpha value is -1.34. The molecule has 0 radical (unpaired) electrons. The summed E-state index contributed by atoms with van der Waals surface area (Å²) in [6.07, 6.45) is -3.07. The molecule has 0 aliphatic rings. The highest BCUT2D eigenvalue weighted by Gasteiger charge is 2.29. The highest BCUT2D eigenvalue weighted by molar-refractivity contribution is 5.28. The second-order valence-electron chi connectivity index (χ2n) is 3.14. The summed E-state index contributed by atoms with van der Waals surface area (Å²) in [6, 6.07) is 2.51. The molecule has 90 valence electrons. The van der Waals surface area contributed by atoms with Crippen LogP contribution in [0.2, 0.25) is 0 Å². The van der Waals surface area contributed by atoms with Gasteiger partial charge >= 0.3 is 6.18 Å². The number of hydrogen-bond donors (Lipinski definition) is 2. The van der Waals surface area contributed by atoms with E-state index < -0.39 is 18.8 Å². The van der Waals surface area contributed by atoms with E-state index in [0.717, 1.165) is 0 Å². The molecule has 0 spiro atoms. The van der Waals surface area contributed by atoms with Gasteiger partial charge in [-0.15, -0.1) is 0 Å². The number of ether oxygens (including phenoxy) is 1. The molecule has 0 bridgehead atoms. The van der Waals surface area contributed by atoms with Crippen LogP contribution in [0.3, 0.4) is 0 Å². The first-order chi connectivity index (χ1) is 7.44. The second kappa shape index (κ2) is 5.13. The summed E-state index contributed by atoms with van der Waals surface area (Å²) >= 11 is 0. The molecule has 1 aromatic heterocycles. The van der Waals surface area contributed by atoms with E-state index in [1.807, 2.05) is 0 Å². The third-order valence-electron chi connectivity index (χ3n) is 1.83. The fraction of sp³-hybridized carbons (Fsp3) is 0.444. The van der Waals surface area contributed by atoms with Crippen molar-refractivity contribution in [2.45, 2.75) is 12.2 Å². The monoisotopic (exact) mass is 235 g/mol. The minimum absolute atomic E-state index is 0.105. The molecule has 0 aliphatic carbocycles. The van der Waals surface area contributed by atoms with Crippen LogP contribution in [-0.2, 0) is 0 Å². The Balaban J connectivity index is 2.79. The first-order valence-corrected chi connectivity index (χ1v) is 4.54. The molecule has 0 aliphatic heterocycles. The largest absolute Gasteiger partial charge is 0.468 e. The average Bonchev–Trinajstić information content (AvgIpc) is 2.25. The average molecular weight is 235 g/mol. The van der Waals surface area contributed by atoms with Crippen LogP contribution in [0.1, 0.15) is 11.6 Å². The molecule has 1 rings (SSSR count). The van der Waals surface area contributed by atoms with Gasteiger partial charge in [-0.05, 0) is 6.07 Å². The van der Waals surface area contributed by atoms with Gasteiger partial charge in [-0.3, -0.25) is 0 Å². The van der Waals surface area contributed by atoms with Gasteiger partial charge in [-0.25, -0.2) is 4.98 Å². The normalized spacial score (nSPS) is 13.6. The number of pyridine rings is 1. The summed E-state index contributed by atoms with van der Waals surface area (Å²) in [6.45, 7) is -1.29. The summed E-state index contributed by atoms with van der Waals surface area (Å²) in [7, 11) is 0. The van der Waals surface area contributed by atoms with Gasteiger partial charge in [0.05, 0.1) is 0 Å². The van der Waals surface area contributed by atoms with Crippen LogP contribution in [-0.4, -0.2) is 24.3 Å². The van der Waals surface area contributed by atoms with Crippen molar-refractivity contribution < 1.29 is 17.9 Å². The maximum atomic E-state index is 11.9. The van der Waals surface area contributed by atoms with E-state index in [-0.39, 0.29) is 12.4 Å². The van der Waals surface area contributed by atoms with E-state index in [4.69, 9.17) is 11.5 Å². The lowest BCUT2D eigenvalue weighted by Crippen LogP contribution is -2.24. The molecule has 1 aromatic rings. The van der Waals surface area contributed by atoms with Crippen LogP contribution in [0.5, 0.6) is 5.88 Å². The molecule has 0 saturated heterocycles. The minimum atomic E-state index is -4.40. The molecule has 1 heterocycles. The third kappa shape index (κ3) is 3.67. The quantitative estimate of drug-likeness (QED) is 0.815. The van der Waals surface area contributed by atoms with Gasteiger partial charge < -0.3 is 16.2 Å². The molecular weight excluding hydrogens is 223 g/mol. The molecule has 0 fully saturated rings. The Morgan fingerprint density at radius 1 is 1.44 bits per heavy atom. The summed E-state index contributed by atoms with van der Waals surface area (Å²) in [5, 5.41) is 0. The number of halogens is 3. The van der Waals surface area contributed by atoms with Crippen LogP contribution >= 0.6 is 0 Å². The molecular formula is C9H12F3N3O. The van der Waals surface area contributed by atoms with Gasteiger partial charge in [0.25, 0.3) is 0 Å². The summed E-state index contributed by atoms with van der Waals surface area (Å²) in [4.78, 5) is 3.69. The first-order valence-electron chi connectivity index (χ1n) is 4.54. The van der Waals surface area contributed by atoms with Gasteiger partial charge in [0, 0.05) is 24.3 Å². The van der Waals surface area contributed by atoms with Crippen molar-refractivity contribution in [3.63, 3.8) is 0 Å². The van der Waals surface area contributed by atoms with Gasteiger partial charge in [0.2, 0.25) is 5.88 Å². The summed E-state index contributed by atoms with van der Waals surface area (Å²) in [5.74, 6) is -0.127. The highest BCUT2D eigenvalue weighted by Crippen LogP contribution is 2.23. The lowest BCUT2D eigenvalue weighted by atomic mass is 10.1. The molecule has 0 aromatic carbocycles. The third-order valence-corrected chi connectivity index (χ3v) is 1.83. The van der Waals surface area contributed by atoms with Crippen molar-refractivity contribution in [1.82, 2.24) is 4.98 Å². The Morgan fingerprint density at radius 2 is 2.12 bits per heavy atom. The van der Waals surface area contributed by atoms with E-state index in [9.17, 15) is 13.2 Å². The van der Waals surface area contributed by atoms with E-state index in [0.29, 0.717) is 5.56 Å². The van der Waals surface area contributed by atoms with E-state index in [1.165, 1.54) is 12.3 Å². The van der Waals surface area contributed by atoms with Crippen molar-refractivity contribution in [2.75, 3.05) is 13.2 Å². The maximum absolute atomic E-state index is 11.9. The molecule has 0 amide bonds. The molecule has 0 saturated carbocycles. The van der Waals surface area contributed by atoms with Crippen LogP contribution in [0.4, 0.5) is 13.2 Å². The van der Waals surface area contributed by atoms with Crippen LogP contribution in [0.25, 0.3) is 0 Å². The van der Waals surface area contributed by atoms with Gasteiger partial charge in [-0.1, -0.05) is 6.07 Å². The smallest absolute Gasteiger partial charge is 0.422 e. The standard InChI is InChI=1S/C9H12F3N3O/c10-9(11,12)5-16-8-6(7(14)4-13)2-1-3-15-8/h1-3,7H,4-5,13-14H2. The van der Waals surface area contributed by atoms with Crippen molar-refractivity contribution in [3.8, 4) is 5.88 Å². The van der Waals surface area contributed by atoms with Gasteiger partial charge in [-0.2, -0.15) is 13.2 Å². The van der Waals surface area contributed by atoms with Crippen molar-refractivity contribution in [2.24, 2.45) is 11.5 Å². The van der Waals surface area contributed by atoms with Gasteiger partial charge in [0.15, 0.2) is 6.61 Å². The number of rotatable bonds is 4. The molecule has 16 heavy (non-hydrogen) atoms. The van der Waals surface area contributed by atoms with E-state index in [1.54, 1.807) is 6.07 Å². The minimum Gasteiger partial charge on any atom is -0.468 e. The van der Waals surface area contributed by atoms with Crippen molar-refractivity contribution in [1.29, 1.82) is 0 Å². The Kier molecular flexibility index (Phi) is 4.08. The lowest BCUT2D eigenvalue weighted by molar-refractivity contribution is -0.154. The predicted octanol–water partition coefficient (Wildman–Crippen LogP) is 0.981. The fourth-order valence-electron chi connectivity index (χ4n) is 1.08. The molecule has 1 atom stereocenters. The number of aromatic nitrogens is 1. The zero-order chi connectivity index (χ0) is 12.2. The SMILES string of the molecule is NCC(N)c1cccnc1OCC(F)(F)F. The zero-order valence-corrected chi connectivity index (χ0v) is 8.37. The lowest BCUT2D eigenvalue weighted by Gasteiger charge is -2.15. The van der Waals surface area contributed by atoms with Gasteiger partial charge in [0.1, 0.15) is 0 Å². The number of nitrogens with zero attached hydrogens (tertiary/aromatic N) is 1. The molecule has 4 nitrogen and oxygen atoms in total. The Bertz CT molecular complexity index is 343. The van der Waals surface area contributed by atoms with Crippen molar-refractivity contribution in [3.05, 3.63) is 23.9 Å². The Morgan fingerprint density at radius 3 is 2.69 bits per heavy atom. The topological polar surface area (TPSA) is 74.2 Å². The highest BCUT2D eigenvalue weighted by atomic mass is 19.4. The summed E-state index contributed by atoms with van der Waals surface area (Å²) in [5.41, 5.74) is 11.3. The fourth-order valence-corrected chi connectivity index (χ4v) is 1.08. The van der Waals surface area contributed by atoms with E-state index in [2.05, 4.69) is 9.72 Å². The van der Waals surface area contributed by atoms with Crippen molar-refractivity contribution >= 4 is 0 Å². The van der Waals surface area contributed by atoms with E-state index >= 15 is 0 Å². The molecule has 7 heteroatoms. The number of nitrogens with two attached hydrogens (primary N) is 2. The molecule has 1 unspecified atom stereocenters. The van der Waals surface area contributed by atoms with Crippen LogP contribution in [0.15, 0.2) is 18.3 Å². The predicted molar refractivity (Wildman–Crippen MR) is 51.8 cm³/mol. The zero-order valence-electron chi connectivity index (χ0n) is 8.37. The first kappa shape index (κ1) is 12.7. The second-order valence-corrected chi connectivity index (χ2v) is 3.14. The summed E-state index contributed by atoms with van der Waals surface area (Å²) < 4.78 is 40.4. The number of alkyl halides is 3. The molecule has 4 N–H and O–H groups in total. The maximum Gasteiger partial charge on any atom is 0.422 e. The Labute approximate surface area is 90.4 Å². The number of hydrogen-bond acceptors (Lipinski definition) is 4.